The van der Waals surface area contributed by atoms with Crippen molar-refractivity contribution < 1.29 is 22.0 Å². The van der Waals surface area contributed by atoms with Crippen molar-refractivity contribution in [2.45, 2.75) is 6.18 Å². The van der Waals surface area contributed by atoms with E-state index in [-0.39, 0.29) is 16.9 Å². The van der Waals surface area contributed by atoms with Crippen LogP contribution in [0.5, 0.6) is 0 Å². The number of rotatable bonds is 11. The lowest BCUT2D eigenvalue weighted by atomic mass is 9.95. The quantitative estimate of drug-likeness (QED) is 0.121. The van der Waals surface area contributed by atoms with Gasteiger partial charge in [-0.25, -0.2) is 8.78 Å². The lowest BCUT2D eigenvalue weighted by Crippen LogP contribution is -2.12. The fourth-order valence-corrected chi connectivity index (χ4v) is 13.2. The maximum absolute atomic E-state index is 16.8. The number of hydrogen-bond donors (Lipinski definition) is 0. The monoisotopic (exact) mass is 1200 g/mol. The summed E-state index contributed by atoms with van der Waals surface area (Å²) in [6.07, 6.45) is 3.76. The van der Waals surface area contributed by atoms with Crippen molar-refractivity contribution in [3.8, 4) is 112 Å². The molecule has 6 aromatic heterocycles. The van der Waals surface area contributed by atoms with E-state index in [0.29, 0.717) is 28.1 Å². The van der Waals surface area contributed by atoms with Crippen LogP contribution in [0.25, 0.3) is 156 Å². The molecule has 0 unspecified atom stereocenters. The van der Waals surface area contributed by atoms with E-state index in [4.69, 9.17) is 15.0 Å². The van der Waals surface area contributed by atoms with Crippen molar-refractivity contribution >= 4 is 43.6 Å². The Hall–Kier alpha value is -12.0. The zero-order chi connectivity index (χ0) is 62.0. The Labute approximate surface area is 525 Å². The van der Waals surface area contributed by atoms with Crippen LogP contribution in [0.1, 0.15) is 5.56 Å². The zero-order valence-corrected chi connectivity index (χ0v) is 48.9. The van der Waals surface area contributed by atoms with E-state index in [0.717, 1.165) is 129 Å². The van der Waals surface area contributed by atoms with Crippen LogP contribution in [0.3, 0.4) is 0 Å². The highest BCUT2D eigenvalue weighted by Gasteiger charge is 2.37. The molecule has 10 aromatic carbocycles. The Morgan fingerprint density at radius 2 is 0.641 bits per heavy atom. The largest absolute Gasteiger partial charge is 0.417 e. The van der Waals surface area contributed by atoms with Gasteiger partial charge in [0.2, 0.25) is 0 Å². The first-order valence-corrected chi connectivity index (χ1v) is 30.0. The minimum Gasteiger partial charge on any atom is -0.307 e. The number of aromatic nitrogens is 6. The molecule has 0 saturated heterocycles. The SMILES string of the molecule is Fc1cc(F)cc(-c2cc(-n3c4cc(-c5cccnc5-c5ccccc5)ccc4c4ccc(-c5cccnc5-c5ccccc5)cc43)c(-n3c4cc(-c5ccncc5-c5ccccc5)ccc4c4ccc(-c5cccnc5-c5ccccc5)cc43)cc2C(F)(F)F)c1. The van der Waals surface area contributed by atoms with Crippen LogP contribution >= 0.6 is 0 Å². The molecule has 92 heavy (non-hydrogen) atoms. The Bertz CT molecular complexity index is 5230. The standard InChI is InChI=1S/C81H49F5N6/c82-59-40-58(41-60(83)46-59)69-47-76(91-73-43-55(62-24-13-36-88-78(62)51-18-7-2-8-19-51)28-32-66(73)67-33-29-56(44-74(67)91)63-25-14-37-89-79(63)52-20-9-3-10-21-52)77(48-71(69)81(84,85)86)92-72-42-54(61-35-39-87-49-70(61)50-16-5-1-6-17-50)27-31-65(72)68-34-30-57(45-75(68)92)64-26-15-38-90-80(64)53-22-11-4-12-23-53/h1-49H. The van der Waals surface area contributed by atoms with Crippen molar-refractivity contribution in [2.24, 2.45) is 0 Å². The van der Waals surface area contributed by atoms with E-state index < -0.39 is 28.9 Å². The van der Waals surface area contributed by atoms with Crippen LogP contribution in [0.15, 0.2) is 298 Å². The summed E-state index contributed by atoms with van der Waals surface area (Å²) in [4.78, 5) is 19.3. The third-order valence-corrected chi connectivity index (χ3v) is 17.3. The predicted molar refractivity (Wildman–Crippen MR) is 360 cm³/mol. The van der Waals surface area contributed by atoms with Gasteiger partial charge < -0.3 is 9.13 Å². The van der Waals surface area contributed by atoms with Crippen LogP contribution in [0.2, 0.25) is 0 Å². The molecule has 0 radical (unpaired) electrons. The van der Waals surface area contributed by atoms with Gasteiger partial charge in [-0.3, -0.25) is 19.9 Å². The van der Waals surface area contributed by atoms with Crippen LogP contribution in [-0.2, 0) is 6.18 Å². The van der Waals surface area contributed by atoms with E-state index in [9.17, 15) is 0 Å². The van der Waals surface area contributed by atoms with Crippen molar-refractivity contribution in [3.63, 3.8) is 0 Å². The molecule has 0 aliphatic heterocycles. The van der Waals surface area contributed by atoms with Gasteiger partial charge in [0, 0.05) is 97.5 Å². The highest BCUT2D eigenvalue weighted by molar-refractivity contribution is 6.14. The summed E-state index contributed by atoms with van der Waals surface area (Å²) in [6.45, 7) is 0. The fourth-order valence-electron chi connectivity index (χ4n) is 13.2. The van der Waals surface area contributed by atoms with E-state index >= 15 is 22.0 Å². The molecule has 438 valence electrons. The number of hydrogen-bond acceptors (Lipinski definition) is 4. The van der Waals surface area contributed by atoms with E-state index in [1.807, 2.05) is 240 Å². The smallest absolute Gasteiger partial charge is 0.307 e. The van der Waals surface area contributed by atoms with Gasteiger partial charge in [0.25, 0.3) is 0 Å². The fraction of sp³-hybridized carbons (Fsp3) is 0.0123. The molecule has 0 aliphatic carbocycles. The summed E-state index contributed by atoms with van der Waals surface area (Å²) in [5, 5.41) is 3.11. The number of benzene rings is 10. The maximum atomic E-state index is 16.8. The molecular formula is C81H49F5N6. The van der Waals surface area contributed by atoms with Crippen LogP contribution < -0.4 is 0 Å². The van der Waals surface area contributed by atoms with Crippen LogP contribution in [-0.4, -0.2) is 29.1 Å². The zero-order valence-electron chi connectivity index (χ0n) is 48.9. The number of fused-ring (bicyclic) bond motifs is 6. The normalized spacial score (nSPS) is 11.8. The van der Waals surface area contributed by atoms with Gasteiger partial charge in [0.1, 0.15) is 11.6 Å². The average molecular weight is 1200 g/mol. The Kier molecular flexibility index (Phi) is 13.6. The first-order chi connectivity index (χ1) is 45.1. The number of alkyl halides is 3. The molecule has 0 spiro atoms. The van der Waals surface area contributed by atoms with Crippen molar-refractivity contribution in [1.29, 1.82) is 0 Å². The third-order valence-electron chi connectivity index (χ3n) is 17.3. The molecule has 6 nitrogen and oxygen atoms in total. The second-order valence-corrected chi connectivity index (χ2v) is 22.7. The van der Waals surface area contributed by atoms with Crippen molar-refractivity contribution in [2.75, 3.05) is 0 Å². The summed E-state index contributed by atoms with van der Waals surface area (Å²) in [5.41, 5.74) is 14.1. The molecule has 0 amide bonds. The summed E-state index contributed by atoms with van der Waals surface area (Å²) >= 11 is 0. The summed E-state index contributed by atoms with van der Waals surface area (Å²) in [5.74, 6) is -2.06. The minimum atomic E-state index is -5.06. The molecule has 0 aliphatic rings. The van der Waals surface area contributed by atoms with Gasteiger partial charge in [-0.1, -0.05) is 188 Å². The first-order valence-electron chi connectivity index (χ1n) is 30.0. The second kappa shape index (κ2) is 22.6. The van der Waals surface area contributed by atoms with Crippen molar-refractivity contribution in [1.82, 2.24) is 29.1 Å². The van der Waals surface area contributed by atoms with E-state index in [2.05, 4.69) is 17.1 Å². The Morgan fingerprint density at radius 1 is 0.272 bits per heavy atom. The van der Waals surface area contributed by atoms with Crippen molar-refractivity contribution in [3.05, 3.63) is 315 Å². The van der Waals surface area contributed by atoms with E-state index in [1.54, 1.807) is 24.8 Å². The predicted octanol–water partition coefficient (Wildman–Crippen LogP) is 21.8. The molecule has 6 heterocycles. The average Bonchev–Trinajstić information content (AvgIpc) is 1.54. The van der Waals surface area contributed by atoms with Gasteiger partial charge in [0.05, 0.1) is 56.1 Å². The maximum Gasteiger partial charge on any atom is 0.417 e. The van der Waals surface area contributed by atoms with Gasteiger partial charge in [-0.05, 0) is 117 Å². The lowest BCUT2D eigenvalue weighted by Gasteiger charge is -2.23. The molecular weight excluding hydrogens is 1150 g/mol. The molecule has 11 heteroatoms. The molecule has 0 bridgehead atoms. The van der Waals surface area contributed by atoms with Gasteiger partial charge in [-0.15, -0.1) is 0 Å². The molecule has 0 N–H and O–H groups in total. The highest BCUT2D eigenvalue weighted by atomic mass is 19.4. The van der Waals surface area contributed by atoms with Crippen LogP contribution in [0, 0.1) is 11.6 Å². The molecule has 16 aromatic rings. The molecule has 0 atom stereocenters. The lowest BCUT2D eigenvalue weighted by molar-refractivity contribution is -0.137. The number of halogens is 5. The molecule has 0 fully saturated rings. The number of nitrogens with zero attached hydrogens (tertiary/aromatic N) is 6. The van der Waals surface area contributed by atoms with Gasteiger partial charge in [0.15, 0.2) is 0 Å². The van der Waals surface area contributed by atoms with Crippen LogP contribution in [0.4, 0.5) is 22.0 Å². The topological polar surface area (TPSA) is 61.4 Å². The third kappa shape index (κ3) is 9.75. The Morgan fingerprint density at radius 3 is 1.03 bits per heavy atom. The Balaban J connectivity index is 1.07. The summed E-state index contributed by atoms with van der Waals surface area (Å²) < 4.78 is 85.8. The van der Waals surface area contributed by atoms with Gasteiger partial charge >= 0.3 is 6.18 Å². The van der Waals surface area contributed by atoms with E-state index in [1.165, 1.54) is 6.07 Å². The highest BCUT2D eigenvalue weighted by Crippen LogP contribution is 2.48. The summed E-state index contributed by atoms with van der Waals surface area (Å²) in [7, 11) is 0. The second-order valence-electron chi connectivity index (χ2n) is 22.7. The molecule has 0 saturated carbocycles. The summed E-state index contributed by atoms with van der Waals surface area (Å²) in [6, 6.07) is 82.9. The van der Waals surface area contributed by atoms with Gasteiger partial charge in [-0.2, -0.15) is 13.2 Å². The molecule has 16 rings (SSSR count). The number of pyridine rings is 4. The first kappa shape index (κ1) is 55.4. The minimum absolute atomic E-state index is 0.132.